The molecule has 0 spiro atoms. The third-order valence-corrected chi connectivity index (χ3v) is 4.34. The molecule has 9 heteroatoms. The van der Waals surface area contributed by atoms with Gasteiger partial charge in [0, 0.05) is 31.9 Å². The van der Waals surface area contributed by atoms with Gasteiger partial charge in [-0.05, 0) is 31.2 Å². The Bertz CT molecular complexity index is 815. The molecule has 1 aromatic carbocycles. The van der Waals surface area contributed by atoms with Crippen molar-refractivity contribution in [3.63, 3.8) is 0 Å². The Hall–Kier alpha value is -2.63. The number of nitriles is 1. The van der Waals surface area contributed by atoms with Crippen LogP contribution >= 0.6 is 11.6 Å². The summed E-state index contributed by atoms with van der Waals surface area (Å²) >= 11 is 6.11. The van der Waals surface area contributed by atoms with Crippen LogP contribution in [0.4, 0.5) is 21.8 Å². The Morgan fingerprint density at radius 1 is 1.19 bits per heavy atom. The molecule has 1 aliphatic heterocycles. The summed E-state index contributed by atoms with van der Waals surface area (Å²) in [6.45, 7) is 4.16. The van der Waals surface area contributed by atoms with Crippen molar-refractivity contribution in [1.29, 1.82) is 5.26 Å². The SMILES string of the molecule is CC(O)Nc1nc(Cl)c(C#N)c(N2CCN(c3ccc(F)cc3)CC2)n1. The minimum atomic E-state index is -0.845. The van der Waals surface area contributed by atoms with Crippen LogP contribution in [0.1, 0.15) is 12.5 Å². The maximum absolute atomic E-state index is 13.1. The molecule has 0 amide bonds. The zero-order valence-corrected chi connectivity index (χ0v) is 14.9. The molecule has 2 aromatic rings. The standard InChI is InChI=1S/C17H18ClFN6O/c1-11(26)21-17-22-15(18)14(10-20)16(23-17)25-8-6-24(7-9-25)13-4-2-12(19)3-5-13/h2-5,11,26H,6-9H2,1H3,(H,21,22,23). The summed E-state index contributed by atoms with van der Waals surface area (Å²) in [6, 6.07) is 8.42. The Kier molecular flexibility index (Phi) is 5.40. The first-order chi connectivity index (χ1) is 12.5. The maximum Gasteiger partial charge on any atom is 0.228 e. The van der Waals surface area contributed by atoms with Crippen molar-refractivity contribution in [3.8, 4) is 6.07 Å². The zero-order valence-electron chi connectivity index (χ0n) is 14.2. The topological polar surface area (TPSA) is 88.3 Å². The van der Waals surface area contributed by atoms with E-state index < -0.39 is 6.23 Å². The number of rotatable bonds is 4. The van der Waals surface area contributed by atoms with Crippen LogP contribution in [0.2, 0.25) is 5.15 Å². The first-order valence-corrected chi connectivity index (χ1v) is 8.53. The summed E-state index contributed by atoms with van der Waals surface area (Å²) in [7, 11) is 0. The van der Waals surface area contributed by atoms with Gasteiger partial charge in [-0.3, -0.25) is 0 Å². The van der Waals surface area contributed by atoms with Gasteiger partial charge in [0.05, 0.1) is 0 Å². The van der Waals surface area contributed by atoms with Gasteiger partial charge in [-0.1, -0.05) is 11.6 Å². The number of piperazine rings is 1. The average molecular weight is 377 g/mol. The number of aliphatic hydroxyl groups is 1. The molecule has 26 heavy (non-hydrogen) atoms. The van der Waals surface area contributed by atoms with Gasteiger partial charge in [-0.25, -0.2) is 4.39 Å². The van der Waals surface area contributed by atoms with Gasteiger partial charge < -0.3 is 20.2 Å². The minimum Gasteiger partial charge on any atom is -0.374 e. The number of aromatic nitrogens is 2. The molecule has 1 unspecified atom stereocenters. The second-order valence-corrected chi connectivity index (χ2v) is 6.28. The molecular weight excluding hydrogens is 359 g/mol. The van der Waals surface area contributed by atoms with Crippen molar-refractivity contribution < 1.29 is 9.50 Å². The molecular formula is C17H18ClFN6O. The van der Waals surface area contributed by atoms with E-state index in [1.165, 1.54) is 19.1 Å². The van der Waals surface area contributed by atoms with E-state index in [9.17, 15) is 14.8 Å². The number of hydrogen-bond acceptors (Lipinski definition) is 7. The van der Waals surface area contributed by atoms with E-state index in [1.807, 2.05) is 11.0 Å². The lowest BCUT2D eigenvalue weighted by atomic mass is 10.2. The minimum absolute atomic E-state index is 0.0432. The lowest BCUT2D eigenvalue weighted by Crippen LogP contribution is -2.47. The molecule has 0 radical (unpaired) electrons. The van der Waals surface area contributed by atoms with Gasteiger partial charge in [-0.2, -0.15) is 15.2 Å². The van der Waals surface area contributed by atoms with E-state index in [4.69, 9.17) is 11.6 Å². The van der Waals surface area contributed by atoms with Gasteiger partial charge in [0.1, 0.15) is 23.7 Å². The summed E-state index contributed by atoms with van der Waals surface area (Å²) in [5.74, 6) is 0.342. The highest BCUT2D eigenvalue weighted by atomic mass is 35.5. The summed E-state index contributed by atoms with van der Waals surface area (Å²) < 4.78 is 13.1. The number of benzene rings is 1. The van der Waals surface area contributed by atoms with Gasteiger partial charge in [0.2, 0.25) is 5.95 Å². The molecule has 1 aromatic heterocycles. The largest absolute Gasteiger partial charge is 0.374 e. The first kappa shape index (κ1) is 18.2. The summed E-state index contributed by atoms with van der Waals surface area (Å²) in [6.07, 6.45) is -0.845. The van der Waals surface area contributed by atoms with Crippen molar-refractivity contribution in [2.24, 2.45) is 0 Å². The van der Waals surface area contributed by atoms with Crippen LogP contribution in [0.3, 0.4) is 0 Å². The van der Waals surface area contributed by atoms with Crippen molar-refractivity contribution in [2.45, 2.75) is 13.2 Å². The second-order valence-electron chi connectivity index (χ2n) is 5.92. The van der Waals surface area contributed by atoms with Crippen molar-refractivity contribution in [2.75, 3.05) is 41.3 Å². The summed E-state index contributed by atoms with van der Waals surface area (Å²) in [4.78, 5) is 12.4. The fourth-order valence-electron chi connectivity index (χ4n) is 2.83. The van der Waals surface area contributed by atoms with Crippen LogP contribution < -0.4 is 15.1 Å². The third-order valence-electron chi connectivity index (χ3n) is 4.07. The molecule has 1 fully saturated rings. The quantitative estimate of drug-likeness (QED) is 0.624. The second kappa shape index (κ2) is 7.72. The van der Waals surface area contributed by atoms with Crippen LogP contribution in [0, 0.1) is 17.1 Å². The molecule has 0 bridgehead atoms. The predicted molar refractivity (Wildman–Crippen MR) is 97.9 cm³/mol. The Labute approximate surface area is 155 Å². The van der Waals surface area contributed by atoms with Crippen molar-refractivity contribution in [3.05, 3.63) is 40.8 Å². The average Bonchev–Trinajstić information content (AvgIpc) is 2.61. The van der Waals surface area contributed by atoms with Crippen LogP contribution in [-0.2, 0) is 0 Å². The molecule has 7 nitrogen and oxygen atoms in total. The summed E-state index contributed by atoms with van der Waals surface area (Å²) in [5.41, 5.74) is 1.15. The predicted octanol–water partition coefficient (Wildman–Crippen LogP) is 2.22. The Morgan fingerprint density at radius 3 is 2.38 bits per heavy atom. The van der Waals surface area contributed by atoms with Crippen LogP contribution in [0.25, 0.3) is 0 Å². The van der Waals surface area contributed by atoms with E-state index in [1.54, 1.807) is 12.1 Å². The van der Waals surface area contributed by atoms with Gasteiger partial charge in [0.15, 0.2) is 11.0 Å². The lowest BCUT2D eigenvalue weighted by molar-refractivity contribution is 0.223. The molecule has 0 saturated carbocycles. The fraction of sp³-hybridized carbons (Fsp3) is 0.353. The molecule has 1 saturated heterocycles. The molecule has 2 N–H and O–H groups in total. The molecule has 1 aliphatic rings. The third kappa shape index (κ3) is 3.95. The maximum atomic E-state index is 13.1. The first-order valence-electron chi connectivity index (χ1n) is 8.15. The number of halogens is 2. The Morgan fingerprint density at radius 2 is 1.81 bits per heavy atom. The molecule has 3 rings (SSSR count). The number of anilines is 3. The Balaban J connectivity index is 1.79. The van der Waals surface area contributed by atoms with E-state index >= 15 is 0 Å². The highest BCUT2D eigenvalue weighted by molar-refractivity contribution is 6.31. The summed E-state index contributed by atoms with van der Waals surface area (Å²) in [5, 5.41) is 21.6. The monoisotopic (exact) mass is 376 g/mol. The van der Waals surface area contributed by atoms with Crippen LogP contribution in [0.15, 0.2) is 24.3 Å². The highest BCUT2D eigenvalue weighted by Gasteiger charge is 2.23. The van der Waals surface area contributed by atoms with Gasteiger partial charge >= 0.3 is 0 Å². The fourth-order valence-corrected chi connectivity index (χ4v) is 3.03. The molecule has 136 valence electrons. The smallest absolute Gasteiger partial charge is 0.228 e. The van der Waals surface area contributed by atoms with E-state index in [0.717, 1.165) is 5.69 Å². The lowest BCUT2D eigenvalue weighted by Gasteiger charge is -2.37. The highest BCUT2D eigenvalue weighted by Crippen LogP contribution is 2.27. The van der Waals surface area contributed by atoms with Gasteiger partial charge in [0.25, 0.3) is 0 Å². The molecule has 1 atom stereocenters. The van der Waals surface area contributed by atoms with E-state index in [2.05, 4.69) is 20.2 Å². The molecule has 2 heterocycles. The van der Waals surface area contributed by atoms with Gasteiger partial charge in [-0.15, -0.1) is 0 Å². The van der Waals surface area contributed by atoms with Crippen LogP contribution in [0.5, 0.6) is 0 Å². The molecule has 0 aliphatic carbocycles. The number of nitrogens with zero attached hydrogens (tertiary/aromatic N) is 5. The van der Waals surface area contributed by atoms with E-state index in [0.29, 0.717) is 32.0 Å². The van der Waals surface area contributed by atoms with E-state index in [-0.39, 0.29) is 22.5 Å². The number of nitrogens with one attached hydrogen (secondary N) is 1. The number of hydrogen-bond donors (Lipinski definition) is 2. The van der Waals surface area contributed by atoms with Crippen molar-refractivity contribution in [1.82, 2.24) is 9.97 Å². The van der Waals surface area contributed by atoms with Crippen molar-refractivity contribution >= 4 is 29.1 Å². The zero-order chi connectivity index (χ0) is 18.7. The number of aliphatic hydroxyl groups excluding tert-OH is 1. The van der Waals surface area contributed by atoms with Crippen LogP contribution in [-0.4, -0.2) is 47.5 Å². The normalized spacial score (nSPS) is 15.5.